The van der Waals surface area contributed by atoms with E-state index in [4.69, 9.17) is 10.5 Å². The minimum absolute atomic E-state index is 0.0445. The molecule has 1 aromatic heterocycles. The van der Waals surface area contributed by atoms with Gasteiger partial charge in [-0.1, -0.05) is 5.21 Å². The van der Waals surface area contributed by atoms with Crippen molar-refractivity contribution in [2.45, 2.75) is 51.3 Å². The van der Waals surface area contributed by atoms with Crippen LogP contribution in [0.2, 0.25) is 0 Å². The fraction of sp³-hybridized carbons (Fsp3) is 0.750. The van der Waals surface area contributed by atoms with Gasteiger partial charge in [-0.3, -0.25) is 0 Å². The molecule has 3 N–H and O–H groups in total. The first-order valence-corrected chi connectivity index (χ1v) is 6.43. The fourth-order valence-electron chi connectivity index (χ4n) is 1.76. The molecule has 1 aliphatic carbocycles. The van der Waals surface area contributed by atoms with Crippen LogP contribution in [-0.4, -0.2) is 33.2 Å². The Hall–Kier alpha value is -1.63. The quantitative estimate of drug-likeness (QED) is 0.839. The number of amides is 1. The van der Waals surface area contributed by atoms with Crippen LogP contribution in [0.1, 0.15) is 39.3 Å². The molecule has 1 heterocycles. The van der Waals surface area contributed by atoms with Crippen molar-refractivity contribution >= 4 is 6.09 Å². The zero-order valence-electron chi connectivity index (χ0n) is 11.6. The first-order chi connectivity index (χ1) is 8.85. The third-order valence-corrected chi connectivity index (χ3v) is 3.05. The molecule has 0 aliphatic heterocycles. The highest BCUT2D eigenvalue weighted by Crippen LogP contribution is 2.41. The number of carbonyl (C=O) groups is 1. The molecular weight excluding hydrogens is 246 g/mol. The maximum Gasteiger partial charge on any atom is 0.407 e. The van der Waals surface area contributed by atoms with Crippen molar-refractivity contribution in [3.8, 4) is 0 Å². The zero-order valence-corrected chi connectivity index (χ0v) is 11.6. The van der Waals surface area contributed by atoms with E-state index in [0.29, 0.717) is 18.8 Å². The summed E-state index contributed by atoms with van der Waals surface area (Å²) in [5.41, 5.74) is 5.88. The van der Waals surface area contributed by atoms with Gasteiger partial charge in [0.05, 0.1) is 18.3 Å². The molecule has 1 aliphatic rings. The predicted octanol–water partition coefficient (Wildman–Crippen LogP) is 0.751. The number of aromatic nitrogens is 3. The number of alkyl carbamates (subject to hydrolysis) is 1. The lowest BCUT2D eigenvalue weighted by molar-refractivity contribution is 0.0523. The van der Waals surface area contributed by atoms with Gasteiger partial charge in [-0.2, -0.15) is 0 Å². The lowest BCUT2D eigenvalue weighted by Crippen LogP contribution is -2.32. The highest BCUT2D eigenvalue weighted by molar-refractivity contribution is 5.67. The van der Waals surface area contributed by atoms with E-state index < -0.39 is 11.7 Å². The van der Waals surface area contributed by atoms with E-state index >= 15 is 0 Å². The van der Waals surface area contributed by atoms with Crippen LogP contribution >= 0.6 is 0 Å². The molecule has 2 rings (SSSR count). The lowest BCUT2D eigenvalue weighted by Gasteiger charge is -2.19. The van der Waals surface area contributed by atoms with E-state index in [1.807, 2.05) is 27.0 Å². The van der Waals surface area contributed by atoms with Crippen molar-refractivity contribution in [2.24, 2.45) is 5.73 Å². The van der Waals surface area contributed by atoms with Crippen LogP contribution in [0, 0.1) is 0 Å². The second-order valence-electron chi connectivity index (χ2n) is 5.94. The van der Waals surface area contributed by atoms with Gasteiger partial charge in [0.1, 0.15) is 11.3 Å². The molecule has 0 saturated heterocycles. The Labute approximate surface area is 112 Å². The monoisotopic (exact) mass is 267 g/mol. The summed E-state index contributed by atoms with van der Waals surface area (Å²) in [5, 5.41) is 10.7. The minimum Gasteiger partial charge on any atom is -0.444 e. The smallest absolute Gasteiger partial charge is 0.407 e. The van der Waals surface area contributed by atoms with Gasteiger partial charge < -0.3 is 15.8 Å². The Balaban J connectivity index is 1.86. The Morgan fingerprint density at radius 1 is 1.58 bits per heavy atom. The van der Waals surface area contributed by atoms with Crippen molar-refractivity contribution in [3.05, 3.63) is 11.9 Å². The number of nitrogens with two attached hydrogens (primary N) is 1. The van der Waals surface area contributed by atoms with Crippen LogP contribution in [-0.2, 0) is 16.8 Å². The van der Waals surface area contributed by atoms with E-state index in [-0.39, 0.29) is 5.54 Å². The number of nitrogens with zero attached hydrogens (tertiary/aromatic N) is 3. The number of hydrogen-bond acceptors (Lipinski definition) is 5. The number of rotatable bonds is 4. The third-order valence-electron chi connectivity index (χ3n) is 3.05. The summed E-state index contributed by atoms with van der Waals surface area (Å²) >= 11 is 0. The van der Waals surface area contributed by atoms with Crippen molar-refractivity contribution in [1.29, 1.82) is 0 Å². The summed E-state index contributed by atoms with van der Waals surface area (Å²) in [6.07, 6.45) is 3.44. The lowest BCUT2D eigenvalue weighted by atomic mass is 10.2. The van der Waals surface area contributed by atoms with Crippen LogP contribution in [0.5, 0.6) is 0 Å². The third kappa shape index (κ3) is 3.44. The molecule has 1 saturated carbocycles. The van der Waals surface area contributed by atoms with Gasteiger partial charge in [0.15, 0.2) is 0 Å². The molecule has 0 bridgehead atoms. The van der Waals surface area contributed by atoms with Gasteiger partial charge in [0.2, 0.25) is 0 Å². The molecule has 1 aromatic rings. The van der Waals surface area contributed by atoms with E-state index in [2.05, 4.69) is 15.6 Å². The summed E-state index contributed by atoms with van der Waals surface area (Å²) in [7, 11) is 0. The van der Waals surface area contributed by atoms with E-state index in [0.717, 1.165) is 12.8 Å². The molecule has 19 heavy (non-hydrogen) atoms. The maximum atomic E-state index is 11.5. The Morgan fingerprint density at radius 3 is 2.79 bits per heavy atom. The molecule has 7 nitrogen and oxygen atoms in total. The summed E-state index contributed by atoms with van der Waals surface area (Å²) < 4.78 is 6.95. The van der Waals surface area contributed by atoms with Gasteiger partial charge in [-0.25, -0.2) is 9.48 Å². The second kappa shape index (κ2) is 4.80. The van der Waals surface area contributed by atoms with Crippen molar-refractivity contribution in [1.82, 2.24) is 20.3 Å². The highest BCUT2D eigenvalue weighted by atomic mass is 16.6. The summed E-state index contributed by atoms with van der Waals surface area (Å²) in [5.74, 6) is 0. The molecular formula is C12H21N5O2. The Kier molecular flexibility index (Phi) is 3.49. The van der Waals surface area contributed by atoms with Crippen LogP contribution in [0.4, 0.5) is 4.79 Å². The SMILES string of the molecule is CC(C)(C)OC(=O)NCc1cn(C2(CN)CC2)nn1. The number of ether oxygens (including phenoxy) is 1. The Bertz CT molecular complexity index is 459. The van der Waals surface area contributed by atoms with Crippen molar-refractivity contribution < 1.29 is 9.53 Å². The van der Waals surface area contributed by atoms with Crippen LogP contribution < -0.4 is 11.1 Å². The van der Waals surface area contributed by atoms with Crippen LogP contribution in [0.3, 0.4) is 0 Å². The summed E-state index contributed by atoms with van der Waals surface area (Å²) in [6.45, 7) is 6.33. The van der Waals surface area contributed by atoms with Crippen LogP contribution in [0.15, 0.2) is 6.20 Å². The normalized spacial score (nSPS) is 17.1. The molecule has 106 valence electrons. The maximum absolute atomic E-state index is 11.5. The van der Waals surface area contributed by atoms with Crippen molar-refractivity contribution in [3.63, 3.8) is 0 Å². The minimum atomic E-state index is -0.501. The summed E-state index contributed by atoms with van der Waals surface area (Å²) in [6, 6.07) is 0. The largest absolute Gasteiger partial charge is 0.444 e. The summed E-state index contributed by atoms with van der Waals surface area (Å²) in [4.78, 5) is 11.5. The molecule has 1 amide bonds. The standard InChI is InChI=1S/C12H21N5O2/c1-11(2,3)19-10(18)14-6-9-7-17(16-15-9)12(8-13)4-5-12/h7H,4-6,8,13H2,1-3H3,(H,14,18). The van der Waals surface area contributed by atoms with Gasteiger partial charge in [0, 0.05) is 6.54 Å². The van der Waals surface area contributed by atoms with E-state index in [1.165, 1.54) is 0 Å². The average molecular weight is 267 g/mol. The van der Waals surface area contributed by atoms with Crippen LogP contribution in [0.25, 0.3) is 0 Å². The van der Waals surface area contributed by atoms with Gasteiger partial charge >= 0.3 is 6.09 Å². The van der Waals surface area contributed by atoms with Crippen molar-refractivity contribution in [2.75, 3.05) is 6.54 Å². The molecule has 0 radical (unpaired) electrons. The second-order valence-corrected chi connectivity index (χ2v) is 5.94. The number of nitrogens with one attached hydrogen (secondary N) is 1. The van der Waals surface area contributed by atoms with E-state index in [9.17, 15) is 4.79 Å². The molecule has 0 atom stereocenters. The topological polar surface area (TPSA) is 95.1 Å². The van der Waals surface area contributed by atoms with E-state index in [1.54, 1.807) is 4.68 Å². The molecule has 1 fully saturated rings. The first-order valence-electron chi connectivity index (χ1n) is 6.43. The molecule has 0 aromatic carbocycles. The number of hydrogen-bond donors (Lipinski definition) is 2. The highest BCUT2D eigenvalue weighted by Gasteiger charge is 2.44. The van der Waals surface area contributed by atoms with Gasteiger partial charge in [-0.05, 0) is 33.6 Å². The van der Waals surface area contributed by atoms with Gasteiger partial charge in [-0.15, -0.1) is 5.10 Å². The Morgan fingerprint density at radius 2 is 2.26 bits per heavy atom. The fourth-order valence-corrected chi connectivity index (χ4v) is 1.76. The molecule has 0 spiro atoms. The van der Waals surface area contributed by atoms with Gasteiger partial charge in [0.25, 0.3) is 0 Å². The molecule has 0 unspecified atom stereocenters. The average Bonchev–Trinajstić information content (AvgIpc) is 2.96. The molecule has 7 heteroatoms. The number of carbonyl (C=O) groups excluding carboxylic acids is 1. The zero-order chi connectivity index (χ0) is 14.1. The predicted molar refractivity (Wildman–Crippen MR) is 69.4 cm³/mol. The first kappa shape index (κ1) is 13.8.